The van der Waals surface area contributed by atoms with Crippen LogP contribution < -0.4 is 5.32 Å². The zero-order valence-corrected chi connectivity index (χ0v) is 11.7. The lowest BCUT2D eigenvalue weighted by molar-refractivity contribution is 0.607. The molecular weight excluding hydrogens is 294 g/mol. The van der Waals surface area contributed by atoms with Crippen molar-refractivity contribution in [1.82, 2.24) is 5.32 Å². The summed E-state index contributed by atoms with van der Waals surface area (Å²) in [5.74, 6) is 0. The van der Waals surface area contributed by atoms with Gasteiger partial charge >= 0.3 is 0 Å². The first-order chi connectivity index (χ1) is 8.69. The van der Waals surface area contributed by atoms with Crippen molar-refractivity contribution in [3.63, 3.8) is 0 Å². The van der Waals surface area contributed by atoms with Gasteiger partial charge in [0, 0.05) is 15.9 Å². The summed E-state index contributed by atoms with van der Waals surface area (Å²) < 4.78 is 1.03. The quantitative estimate of drug-likeness (QED) is 0.377. The van der Waals surface area contributed by atoms with Crippen LogP contribution in [0.5, 0.6) is 0 Å². The highest BCUT2D eigenvalue weighted by Crippen LogP contribution is 2.21. The van der Waals surface area contributed by atoms with Crippen LogP contribution in [0.1, 0.15) is 23.6 Å². The summed E-state index contributed by atoms with van der Waals surface area (Å²) in [5.41, 5.74) is 10.2. The van der Waals surface area contributed by atoms with Gasteiger partial charge in [-0.3, -0.25) is 5.32 Å². The minimum atomic E-state index is -0.331. The smallest absolute Gasteiger partial charge is 0.121 e. The molecule has 5 nitrogen and oxygen atoms in total. The summed E-state index contributed by atoms with van der Waals surface area (Å²) in [6.45, 7) is 3.08. The van der Waals surface area contributed by atoms with Crippen molar-refractivity contribution >= 4 is 15.9 Å². The van der Waals surface area contributed by atoms with Crippen molar-refractivity contribution in [3.8, 4) is 6.07 Å². The van der Waals surface area contributed by atoms with E-state index in [0.29, 0.717) is 13.1 Å². The fraction of sp³-hybridized carbons (Fsp3) is 0.417. The first-order valence-corrected chi connectivity index (χ1v) is 6.38. The number of hydrogen-bond donors (Lipinski definition) is 1. The molecule has 18 heavy (non-hydrogen) atoms. The summed E-state index contributed by atoms with van der Waals surface area (Å²) in [7, 11) is 0. The first-order valence-electron chi connectivity index (χ1n) is 5.59. The minimum absolute atomic E-state index is 0.331. The van der Waals surface area contributed by atoms with Gasteiger partial charge in [-0.15, -0.1) is 0 Å². The number of halogens is 1. The lowest BCUT2D eigenvalue weighted by atomic mass is 10.1. The Kier molecular flexibility index (Phi) is 6.23. The SMILES string of the molecule is Cc1cc(C(C#N)NCCCN=[N+]=[N-])ccc1Br. The van der Waals surface area contributed by atoms with Crippen molar-refractivity contribution in [3.05, 3.63) is 44.2 Å². The number of nitriles is 1. The normalized spacial score (nSPS) is 11.4. The van der Waals surface area contributed by atoms with E-state index in [1.807, 2.05) is 25.1 Å². The standard InChI is InChI=1S/C12H14BrN5/c1-9-7-10(3-4-11(9)13)12(8-14)16-5-2-6-17-18-15/h3-4,7,12,16H,2,5-6H2,1H3. The van der Waals surface area contributed by atoms with Gasteiger partial charge in [-0.2, -0.15) is 5.26 Å². The van der Waals surface area contributed by atoms with Gasteiger partial charge in [-0.1, -0.05) is 33.2 Å². The highest BCUT2D eigenvalue weighted by atomic mass is 79.9. The van der Waals surface area contributed by atoms with Gasteiger partial charge in [0.25, 0.3) is 0 Å². The maximum absolute atomic E-state index is 9.14. The van der Waals surface area contributed by atoms with Gasteiger partial charge < -0.3 is 0 Å². The van der Waals surface area contributed by atoms with E-state index in [1.54, 1.807) is 0 Å². The fourth-order valence-corrected chi connectivity index (χ4v) is 1.77. The molecule has 0 fully saturated rings. The van der Waals surface area contributed by atoms with Gasteiger partial charge in [0.1, 0.15) is 6.04 Å². The Morgan fingerprint density at radius 3 is 3.00 bits per heavy atom. The molecule has 1 atom stereocenters. The van der Waals surface area contributed by atoms with Crippen molar-refractivity contribution in [2.75, 3.05) is 13.1 Å². The second-order valence-corrected chi connectivity index (χ2v) is 4.69. The third-order valence-corrected chi connectivity index (χ3v) is 3.38. The predicted octanol–water partition coefficient (Wildman–Crippen LogP) is 3.61. The van der Waals surface area contributed by atoms with E-state index < -0.39 is 0 Å². The topological polar surface area (TPSA) is 84.6 Å². The third kappa shape index (κ3) is 4.38. The first kappa shape index (κ1) is 14.5. The number of nitrogens with zero attached hydrogens (tertiary/aromatic N) is 4. The number of hydrogen-bond acceptors (Lipinski definition) is 3. The maximum atomic E-state index is 9.14. The molecule has 1 aromatic rings. The van der Waals surface area contributed by atoms with Crippen molar-refractivity contribution in [2.45, 2.75) is 19.4 Å². The van der Waals surface area contributed by atoms with E-state index in [9.17, 15) is 0 Å². The summed E-state index contributed by atoms with van der Waals surface area (Å²) in [6.07, 6.45) is 0.720. The third-order valence-electron chi connectivity index (χ3n) is 2.49. The van der Waals surface area contributed by atoms with Gasteiger partial charge in [-0.05, 0) is 42.6 Å². The van der Waals surface area contributed by atoms with Crippen LogP contribution in [0, 0.1) is 18.3 Å². The fourth-order valence-electron chi connectivity index (χ4n) is 1.53. The van der Waals surface area contributed by atoms with Crippen molar-refractivity contribution in [1.29, 1.82) is 5.26 Å². The Morgan fingerprint density at radius 2 is 2.39 bits per heavy atom. The Bertz CT molecular complexity index is 488. The lowest BCUT2D eigenvalue weighted by Crippen LogP contribution is -2.21. The lowest BCUT2D eigenvalue weighted by Gasteiger charge is -2.12. The Morgan fingerprint density at radius 1 is 1.61 bits per heavy atom. The molecule has 1 aromatic carbocycles. The van der Waals surface area contributed by atoms with Crippen LogP contribution in [-0.4, -0.2) is 13.1 Å². The van der Waals surface area contributed by atoms with Crippen molar-refractivity contribution in [2.24, 2.45) is 5.11 Å². The molecule has 0 saturated heterocycles. The summed E-state index contributed by atoms with van der Waals surface area (Å²) >= 11 is 3.43. The number of azide groups is 1. The highest BCUT2D eigenvalue weighted by Gasteiger charge is 2.10. The summed E-state index contributed by atoms with van der Waals surface area (Å²) in [6, 6.07) is 7.74. The van der Waals surface area contributed by atoms with E-state index in [0.717, 1.165) is 22.0 Å². The van der Waals surface area contributed by atoms with Gasteiger partial charge in [0.2, 0.25) is 0 Å². The molecule has 0 aliphatic carbocycles. The molecule has 0 aliphatic rings. The number of aryl methyl sites for hydroxylation is 1. The monoisotopic (exact) mass is 307 g/mol. The molecule has 0 saturated carbocycles. The molecule has 0 spiro atoms. The average Bonchev–Trinajstić information content (AvgIpc) is 2.37. The largest absolute Gasteiger partial charge is 0.298 e. The van der Waals surface area contributed by atoms with Crippen LogP contribution in [0.2, 0.25) is 0 Å². The van der Waals surface area contributed by atoms with E-state index in [4.69, 9.17) is 10.8 Å². The molecule has 94 valence electrons. The Labute approximate surface area is 115 Å². The van der Waals surface area contributed by atoms with Crippen LogP contribution in [-0.2, 0) is 0 Å². The molecule has 0 amide bonds. The van der Waals surface area contributed by atoms with Crippen LogP contribution in [0.25, 0.3) is 10.4 Å². The molecule has 6 heteroatoms. The summed E-state index contributed by atoms with van der Waals surface area (Å²) in [5, 5.41) is 15.7. The molecule has 1 rings (SSSR count). The zero-order valence-electron chi connectivity index (χ0n) is 10.1. The van der Waals surface area contributed by atoms with Gasteiger partial charge in [0.15, 0.2) is 0 Å². The second kappa shape index (κ2) is 7.72. The molecular formula is C12H14BrN5. The number of nitrogens with one attached hydrogen (secondary N) is 1. The van der Waals surface area contributed by atoms with E-state index in [-0.39, 0.29) is 6.04 Å². The van der Waals surface area contributed by atoms with E-state index in [2.05, 4.69) is 37.3 Å². The van der Waals surface area contributed by atoms with E-state index in [1.165, 1.54) is 0 Å². The number of benzene rings is 1. The molecule has 0 bridgehead atoms. The Balaban J connectivity index is 2.58. The molecule has 0 aromatic heterocycles. The van der Waals surface area contributed by atoms with Gasteiger partial charge in [0.05, 0.1) is 6.07 Å². The zero-order chi connectivity index (χ0) is 13.4. The molecule has 0 heterocycles. The van der Waals surface area contributed by atoms with Crippen LogP contribution in [0.4, 0.5) is 0 Å². The maximum Gasteiger partial charge on any atom is 0.121 e. The molecule has 1 unspecified atom stereocenters. The minimum Gasteiger partial charge on any atom is -0.298 e. The predicted molar refractivity (Wildman–Crippen MR) is 73.9 cm³/mol. The molecule has 1 N–H and O–H groups in total. The Hall–Kier alpha value is -1.54. The average molecular weight is 308 g/mol. The van der Waals surface area contributed by atoms with Crippen LogP contribution in [0.15, 0.2) is 27.8 Å². The summed E-state index contributed by atoms with van der Waals surface area (Å²) in [4.78, 5) is 2.68. The molecule has 0 aliphatic heterocycles. The second-order valence-electron chi connectivity index (χ2n) is 3.83. The van der Waals surface area contributed by atoms with Crippen LogP contribution >= 0.6 is 15.9 Å². The van der Waals surface area contributed by atoms with Gasteiger partial charge in [-0.25, -0.2) is 0 Å². The molecule has 0 radical (unpaired) electrons. The van der Waals surface area contributed by atoms with Crippen LogP contribution in [0.3, 0.4) is 0 Å². The van der Waals surface area contributed by atoms with E-state index >= 15 is 0 Å². The number of rotatable bonds is 6. The van der Waals surface area contributed by atoms with Crippen molar-refractivity contribution < 1.29 is 0 Å². The highest BCUT2D eigenvalue weighted by molar-refractivity contribution is 9.10.